The number of amides is 4. The molecule has 3 aliphatic carbocycles. The molecule has 1 aromatic heterocycles. The molecule has 11 rings (SSSR count). The molecule has 4 fully saturated rings. The van der Waals surface area contributed by atoms with Gasteiger partial charge in [-0.05, 0) is 248 Å². The second-order valence-electron chi connectivity index (χ2n) is 32.3. The molecule has 14 nitrogen and oxygen atoms in total. The molecule has 3 spiro atoms. The van der Waals surface area contributed by atoms with E-state index >= 15 is 0 Å². The summed E-state index contributed by atoms with van der Waals surface area (Å²) in [7, 11) is 0. The summed E-state index contributed by atoms with van der Waals surface area (Å²) in [5.74, 6) is 0.0870. The van der Waals surface area contributed by atoms with Gasteiger partial charge in [-0.15, -0.1) is 0 Å². The molecule has 3 N–H and O–H groups in total. The maximum absolute atomic E-state index is 12.9. The van der Waals surface area contributed by atoms with Crippen LogP contribution < -0.4 is 16.0 Å². The Morgan fingerprint density at radius 3 is 1.33 bits per heavy atom. The fourth-order valence-corrected chi connectivity index (χ4v) is 16.0. The summed E-state index contributed by atoms with van der Waals surface area (Å²) < 4.78 is 7.07. The van der Waals surface area contributed by atoms with E-state index in [0.717, 1.165) is 64.3 Å². The molecule has 0 saturated carbocycles. The van der Waals surface area contributed by atoms with Crippen LogP contribution in [-0.4, -0.2) is 138 Å². The van der Waals surface area contributed by atoms with Crippen molar-refractivity contribution in [1.29, 1.82) is 0 Å². The second-order valence-corrected chi connectivity index (χ2v) is 32.3. The van der Waals surface area contributed by atoms with Crippen LogP contribution in [0.2, 0.25) is 0 Å². The van der Waals surface area contributed by atoms with Crippen molar-refractivity contribution in [3.05, 3.63) is 124 Å². The molecule has 0 bridgehead atoms. The van der Waals surface area contributed by atoms with Crippen molar-refractivity contribution in [2.45, 2.75) is 239 Å². The minimum Gasteiger partial charge on any atom is -0.372 e. The first-order chi connectivity index (χ1) is 43.9. The lowest BCUT2D eigenvalue weighted by atomic mass is 9.63. The molecule has 4 aliphatic heterocycles. The van der Waals surface area contributed by atoms with Crippen molar-refractivity contribution in [1.82, 2.24) is 45.3 Å². The quantitative estimate of drug-likeness (QED) is 0.0998. The third kappa shape index (κ3) is 19.0. The zero-order valence-corrected chi connectivity index (χ0v) is 58.9. The maximum atomic E-state index is 12.9. The van der Waals surface area contributed by atoms with Gasteiger partial charge in [0.25, 0.3) is 5.91 Å². The van der Waals surface area contributed by atoms with Crippen LogP contribution in [0.25, 0.3) is 0 Å². The Morgan fingerprint density at radius 1 is 0.533 bits per heavy atom. The first kappa shape index (κ1) is 70.9. The summed E-state index contributed by atoms with van der Waals surface area (Å²) in [5.41, 5.74) is 10.9. The Labute approximate surface area is 559 Å². The molecule has 92 heavy (non-hydrogen) atoms. The SMILES string of the molecule is CC(C)(C)CCN1CCC2(CC[C@H](NC(=O)CN3CCCCCC3=O)c3ccccc32)CC1.CCOCC(=O)N[C@H]1CCC2(CCN(CCC(C)(C)C)CC2)c2ccccc21.CCn1cc(C(=O)N[C@@H]2CCC3(CCN(CCC(C)(C)C)CC3)c3ccccc32)cn1.[HH].[HH].[HH]. The van der Waals surface area contributed by atoms with Crippen LogP contribution in [0, 0.1) is 16.2 Å². The normalized spacial score (nSPS) is 22.4. The highest BCUT2D eigenvalue weighted by Crippen LogP contribution is 2.51. The van der Waals surface area contributed by atoms with E-state index in [4.69, 9.17) is 4.74 Å². The van der Waals surface area contributed by atoms with Crippen molar-refractivity contribution in [2.75, 3.05) is 85.2 Å². The zero-order valence-electron chi connectivity index (χ0n) is 58.9. The van der Waals surface area contributed by atoms with Crippen LogP contribution >= 0.6 is 0 Å². The number of hydrogen-bond donors (Lipinski definition) is 3. The van der Waals surface area contributed by atoms with Gasteiger partial charge in [0.2, 0.25) is 17.7 Å². The summed E-state index contributed by atoms with van der Waals surface area (Å²) in [5, 5.41) is 14.0. The zero-order chi connectivity index (χ0) is 65.7. The van der Waals surface area contributed by atoms with Gasteiger partial charge in [-0.1, -0.05) is 142 Å². The molecular formula is C78H125N9O5. The molecule has 4 amide bonds. The van der Waals surface area contributed by atoms with E-state index < -0.39 is 0 Å². The lowest BCUT2D eigenvalue weighted by molar-refractivity contribution is -0.135. The maximum Gasteiger partial charge on any atom is 0.254 e. The predicted octanol–water partition coefficient (Wildman–Crippen LogP) is 14.9. The van der Waals surface area contributed by atoms with E-state index in [2.05, 4.69) is 171 Å². The average molecular weight is 1270 g/mol. The van der Waals surface area contributed by atoms with E-state index in [1.165, 1.54) is 150 Å². The number of nitrogens with one attached hydrogen (secondary N) is 3. The Morgan fingerprint density at radius 2 is 0.935 bits per heavy atom. The first-order valence-corrected chi connectivity index (χ1v) is 36.1. The first-order valence-electron chi connectivity index (χ1n) is 36.1. The third-order valence-corrected chi connectivity index (χ3v) is 22.1. The molecule has 3 atom stereocenters. The van der Waals surface area contributed by atoms with Crippen LogP contribution in [0.5, 0.6) is 0 Å². The number of ether oxygens (including phenoxy) is 1. The van der Waals surface area contributed by atoms with E-state index in [1.54, 1.807) is 15.8 Å². The molecule has 4 aromatic rings. The van der Waals surface area contributed by atoms with E-state index in [-0.39, 0.29) is 75.4 Å². The van der Waals surface area contributed by atoms with Gasteiger partial charge in [0.05, 0.1) is 36.4 Å². The number of rotatable bonds is 16. The highest BCUT2D eigenvalue weighted by molar-refractivity contribution is 5.94. The topological polar surface area (TPSA) is 144 Å². The van der Waals surface area contributed by atoms with Gasteiger partial charge in [-0.25, -0.2) is 0 Å². The summed E-state index contributed by atoms with van der Waals surface area (Å²) in [6.45, 7) is 38.0. The monoisotopic (exact) mass is 1270 g/mol. The number of hydrogen-bond acceptors (Lipinski definition) is 9. The molecule has 0 unspecified atom stereocenters. The number of aromatic nitrogens is 2. The molecule has 4 saturated heterocycles. The smallest absolute Gasteiger partial charge is 0.254 e. The van der Waals surface area contributed by atoms with Gasteiger partial charge in [0, 0.05) is 36.6 Å². The molecule has 14 heteroatoms. The van der Waals surface area contributed by atoms with Gasteiger partial charge in [0.15, 0.2) is 0 Å². The summed E-state index contributed by atoms with van der Waals surface area (Å²) in [4.78, 5) is 60.0. The van der Waals surface area contributed by atoms with Crippen LogP contribution in [-0.2, 0) is 41.9 Å². The Hall–Kier alpha value is -5.41. The number of fused-ring (bicyclic) bond motifs is 6. The van der Waals surface area contributed by atoms with E-state index in [1.807, 2.05) is 20.0 Å². The van der Waals surface area contributed by atoms with Gasteiger partial charge in [0.1, 0.15) is 6.61 Å². The van der Waals surface area contributed by atoms with Gasteiger partial charge in [-0.3, -0.25) is 23.9 Å². The van der Waals surface area contributed by atoms with Crippen LogP contribution in [0.4, 0.5) is 0 Å². The molecule has 5 heterocycles. The number of benzene rings is 3. The number of nitrogens with zero attached hydrogens (tertiary/aromatic N) is 6. The van der Waals surface area contributed by atoms with Crippen LogP contribution in [0.15, 0.2) is 85.2 Å². The number of carbonyl (C=O) groups excluding carboxylic acids is 4. The molecular weight excluding hydrogens is 1140 g/mol. The molecule has 0 radical (unpaired) electrons. The van der Waals surface area contributed by atoms with Gasteiger partial charge < -0.3 is 40.3 Å². The molecule has 512 valence electrons. The number of likely N-dealkylation sites (tertiary alicyclic amines) is 4. The van der Waals surface area contributed by atoms with Gasteiger partial charge >= 0.3 is 0 Å². The Kier molecular flexibility index (Phi) is 24.2. The largest absolute Gasteiger partial charge is 0.372 e. The Bertz CT molecular complexity index is 3050. The second kappa shape index (κ2) is 31.4. The summed E-state index contributed by atoms with van der Waals surface area (Å²) in [6.07, 6.45) is 24.6. The lowest BCUT2D eigenvalue weighted by Crippen LogP contribution is -2.47. The number of piperidine rings is 3. The highest BCUT2D eigenvalue weighted by Gasteiger charge is 2.45. The number of carbonyl (C=O) groups is 4. The minimum absolute atomic E-state index is 0. The average Bonchev–Trinajstić information content (AvgIpc) is 0.886. The van der Waals surface area contributed by atoms with Gasteiger partial charge in [-0.2, -0.15) is 5.10 Å². The van der Waals surface area contributed by atoms with Crippen molar-refractivity contribution < 1.29 is 28.2 Å². The summed E-state index contributed by atoms with van der Waals surface area (Å²) >= 11 is 0. The third-order valence-electron chi connectivity index (χ3n) is 22.1. The van der Waals surface area contributed by atoms with Crippen molar-refractivity contribution in [2.24, 2.45) is 16.2 Å². The Balaban J connectivity index is 0.000000223. The van der Waals surface area contributed by atoms with E-state index in [0.29, 0.717) is 41.4 Å². The highest BCUT2D eigenvalue weighted by atomic mass is 16.5. The fourth-order valence-electron chi connectivity index (χ4n) is 16.0. The molecule has 7 aliphatic rings. The minimum atomic E-state index is -0.0209. The van der Waals surface area contributed by atoms with E-state index in [9.17, 15) is 19.2 Å². The molecule has 3 aromatic carbocycles. The van der Waals surface area contributed by atoms with Crippen LogP contribution in [0.1, 0.15) is 264 Å². The summed E-state index contributed by atoms with van der Waals surface area (Å²) in [6, 6.07) is 26.7. The lowest BCUT2D eigenvalue weighted by Gasteiger charge is -2.47. The standard InChI is InChI=1S/C28H43N3O2.C26H38N4O.C24H38N2O2.3H2/c1-27(2,3)14-18-30-19-15-28(16-20-30)13-12-24(22-9-6-7-10-23(22)28)29-25(32)21-31-17-8-4-5-11-26(31)33;1-5-30-19-20(18-27-30)24(31)28-23-10-11-26(22-9-7-6-8-21(22)23)13-16-29(17-14-26)15-12-25(2,3)4;1-5-28-18-22(27)25-21-10-11-24(20-9-7-6-8-19(20)21)13-16-26(17-14-24)15-12-23(2,3)4;;;/h6-7,9-10,24H,4-5,8,11-21H2,1-3H3,(H,29,32);6-9,18-19,23H,5,10-17H2,1-4H3,(H,28,31);6-9,21H,5,10-18H2,1-4H3,(H,25,27);3*1H/t24-;23-;21-;;;/m010.../s1. The van der Waals surface area contributed by atoms with Crippen molar-refractivity contribution >= 4 is 23.6 Å². The number of aryl methyl sites for hydroxylation is 1. The fraction of sp³-hybridized carbons (Fsp3) is 0.679. The van der Waals surface area contributed by atoms with Crippen molar-refractivity contribution in [3.8, 4) is 0 Å². The van der Waals surface area contributed by atoms with Crippen molar-refractivity contribution in [3.63, 3.8) is 0 Å². The predicted molar refractivity (Wildman–Crippen MR) is 379 cm³/mol. The van der Waals surface area contributed by atoms with Crippen LogP contribution in [0.3, 0.4) is 0 Å².